The van der Waals surface area contributed by atoms with Crippen LogP contribution in [-0.4, -0.2) is 0 Å². The quantitative estimate of drug-likeness (QED) is 0.386. The van der Waals surface area contributed by atoms with Crippen LogP contribution in [0, 0.1) is 0 Å². The van der Waals surface area contributed by atoms with E-state index in [4.69, 9.17) is 5.84 Å². The number of hydrogen-bond acceptors (Lipinski definition) is 2. The van der Waals surface area contributed by atoms with Crippen LogP contribution in [0.1, 0.15) is 22.3 Å². The third kappa shape index (κ3) is 3.19. The molecular weight excluding hydrogens is 292 g/mol. The molecule has 0 bridgehead atoms. The van der Waals surface area contributed by atoms with Crippen molar-refractivity contribution in [3.05, 3.63) is 91.1 Å². The summed E-state index contributed by atoms with van der Waals surface area (Å²) in [5.74, 6) is 5.91. The van der Waals surface area contributed by atoms with E-state index in [-0.39, 0.29) is 0 Å². The Morgan fingerprint density at radius 3 is 1.96 bits per heavy atom. The number of anilines is 1. The molecule has 24 heavy (non-hydrogen) atoms. The van der Waals surface area contributed by atoms with Crippen molar-refractivity contribution in [1.29, 1.82) is 0 Å². The molecule has 0 aliphatic rings. The smallest absolute Gasteiger partial charge is 0.0601 e. The minimum atomic E-state index is 0.758. The zero-order valence-electron chi connectivity index (χ0n) is 14.3. The lowest BCUT2D eigenvalue weighted by Gasteiger charge is -2.22. The molecule has 0 spiro atoms. The second-order valence-corrected chi connectivity index (χ2v) is 5.77. The number of allylic oxidation sites excluding steroid dienone is 4. The van der Waals surface area contributed by atoms with Gasteiger partial charge >= 0.3 is 0 Å². The van der Waals surface area contributed by atoms with E-state index >= 15 is 0 Å². The van der Waals surface area contributed by atoms with E-state index in [1.165, 1.54) is 27.6 Å². The summed E-state index contributed by atoms with van der Waals surface area (Å²) in [5, 5.41) is 2.38. The first-order valence-electron chi connectivity index (χ1n) is 8.21. The maximum Gasteiger partial charge on any atom is 0.0601 e. The van der Waals surface area contributed by atoms with Crippen molar-refractivity contribution in [3.63, 3.8) is 0 Å². The largest absolute Gasteiger partial charge is 0.323 e. The normalized spacial score (nSPS) is 10.4. The van der Waals surface area contributed by atoms with Crippen LogP contribution in [0.5, 0.6) is 0 Å². The molecular formula is C22H26N2. The molecule has 0 aliphatic carbocycles. The molecule has 0 fully saturated rings. The van der Waals surface area contributed by atoms with Gasteiger partial charge in [-0.3, -0.25) is 5.84 Å². The van der Waals surface area contributed by atoms with Gasteiger partial charge in [0.2, 0.25) is 0 Å². The van der Waals surface area contributed by atoms with Gasteiger partial charge in [-0.15, -0.1) is 26.3 Å². The monoisotopic (exact) mass is 318 g/mol. The number of hydrazine groups is 1. The Labute approximate surface area is 145 Å². The van der Waals surface area contributed by atoms with Gasteiger partial charge < -0.3 is 5.43 Å². The van der Waals surface area contributed by atoms with Crippen LogP contribution < -0.4 is 11.3 Å². The molecule has 0 aliphatic heterocycles. The van der Waals surface area contributed by atoms with Crippen molar-refractivity contribution in [1.82, 2.24) is 0 Å². The summed E-state index contributed by atoms with van der Waals surface area (Å²) in [6, 6.07) is 6.35. The molecule has 0 atom stereocenters. The summed E-state index contributed by atoms with van der Waals surface area (Å²) in [5.41, 5.74) is 8.91. The summed E-state index contributed by atoms with van der Waals surface area (Å²) >= 11 is 0. The Balaban J connectivity index is 3.02. The first-order chi connectivity index (χ1) is 11.7. The number of nitrogens with one attached hydrogen (secondary N) is 1. The van der Waals surface area contributed by atoms with Gasteiger partial charge in [-0.2, -0.15) is 0 Å². The summed E-state index contributed by atoms with van der Waals surface area (Å²) in [6.45, 7) is 15.7. The Bertz CT molecular complexity index is 784. The highest BCUT2D eigenvalue weighted by Gasteiger charge is 2.18. The van der Waals surface area contributed by atoms with Crippen LogP contribution in [-0.2, 0) is 25.7 Å². The lowest BCUT2D eigenvalue weighted by Crippen LogP contribution is -2.13. The van der Waals surface area contributed by atoms with Gasteiger partial charge in [0.25, 0.3) is 0 Å². The molecule has 0 aromatic heterocycles. The molecule has 124 valence electrons. The van der Waals surface area contributed by atoms with E-state index < -0.39 is 0 Å². The second-order valence-electron chi connectivity index (χ2n) is 5.77. The maximum atomic E-state index is 5.91. The van der Waals surface area contributed by atoms with E-state index in [0.717, 1.165) is 36.8 Å². The Hall–Kier alpha value is -2.58. The van der Waals surface area contributed by atoms with Crippen LogP contribution in [0.3, 0.4) is 0 Å². The van der Waals surface area contributed by atoms with Crippen molar-refractivity contribution < 1.29 is 0 Å². The topological polar surface area (TPSA) is 38.0 Å². The molecule has 3 N–H and O–H groups in total. The molecule has 2 aromatic carbocycles. The average Bonchev–Trinajstić information content (AvgIpc) is 2.58. The first kappa shape index (κ1) is 17.8. The average molecular weight is 318 g/mol. The molecule has 2 heteroatoms. The zero-order chi connectivity index (χ0) is 17.5. The number of nitrogens with two attached hydrogens (primary N) is 1. The number of nitrogen functional groups attached to an aromatic ring is 1. The number of hydrogen-bond donors (Lipinski definition) is 2. The fourth-order valence-corrected chi connectivity index (χ4v) is 3.43. The minimum absolute atomic E-state index is 0.758. The third-order valence-electron chi connectivity index (χ3n) is 4.31. The lowest BCUT2D eigenvalue weighted by molar-refractivity contribution is 1.09. The Morgan fingerprint density at radius 2 is 1.38 bits per heavy atom. The standard InChI is InChI=1S/C22H26N2/c1-5-10-16-14-9-15-20-21(16)18(12-7-3)17(11-6-2)19(13-8-4)22(20)24-23/h5-9,14-15,24H,1-4,10-13,23H2. The van der Waals surface area contributed by atoms with Gasteiger partial charge in [0, 0.05) is 5.39 Å². The van der Waals surface area contributed by atoms with Crippen molar-refractivity contribution in [3.8, 4) is 0 Å². The molecule has 0 heterocycles. The lowest BCUT2D eigenvalue weighted by atomic mass is 9.85. The highest BCUT2D eigenvalue weighted by Crippen LogP contribution is 2.37. The third-order valence-corrected chi connectivity index (χ3v) is 4.31. The van der Waals surface area contributed by atoms with Crippen molar-refractivity contribution in [2.45, 2.75) is 25.7 Å². The van der Waals surface area contributed by atoms with Crippen molar-refractivity contribution in [2.24, 2.45) is 5.84 Å². The van der Waals surface area contributed by atoms with Gasteiger partial charge in [-0.1, -0.05) is 42.5 Å². The van der Waals surface area contributed by atoms with E-state index in [0.29, 0.717) is 0 Å². The van der Waals surface area contributed by atoms with Crippen molar-refractivity contribution in [2.75, 3.05) is 5.43 Å². The van der Waals surface area contributed by atoms with Gasteiger partial charge in [0.05, 0.1) is 5.69 Å². The molecule has 0 saturated heterocycles. The number of benzene rings is 2. The van der Waals surface area contributed by atoms with E-state index in [1.807, 2.05) is 24.3 Å². The predicted molar refractivity (Wildman–Crippen MR) is 107 cm³/mol. The molecule has 0 radical (unpaired) electrons. The van der Waals surface area contributed by atoms with Crippen LogP contribution in [0.4, 0.5) is 5.69 Å². The predicted octanol–water partition coefficient (Wildman–Crippen LogP) is 5.04. The zero-order valence-corrected chi connectivity index (χ0v) is 14.3. The molecule has 0 amide bonds. The highest BCUT2D eigenvalue weighted by molar-refractivity contribution is 6.01. The second kappa shape index (κ2) is 8.32. The van der Waals surface area contributed by atoms with E-state index in [2.05, 4.69) is 49.9 Å². The molecule has 0 saturated carbocycles. The fourth-order valence-electron chi connectivity index (χ4n) is 3.43. The van der Waals surface area contributed by atoms with Crippen LogP contribution >= 0.6 is 0 Å². The summed E-state index contributed by atoms with van der Waals surface area (Å²) in [7, 11) is 0. The van der Waals surface area contributed by atoms with Crippen LogP contribution in [0.2, 0.25) is 0 Å². The van der Waals surface area contributed by atoms with Gasteiger partial charge in [-0.25, -0.2) is 0 Å². The SMILES string of the molecule is C=CCc1c(CC=C)c(CC=C)c2c(CC=C)cccc2c1NN. The van der Waals surface area contributed by atoms with Gasteiger partial charge in [0.15, 0.2) is 0 Å². The number of fused-ring (bicyclic) bond motifs is 1. The molecule has 0 unspecified atom stereocenters. The van der Waals surface area contributed by atoms with Crippen LogP contribution in [0.15, 0.2) is 68.8 Å². The molecule has 2 rings (SSSR count). The molecule has 2 nitrogen and oxygen atoms in total. The minimum Gasteiger partial charge on any atom is -0.323 e. The fraction of sp³-hybridized carbons (Fsp3) is 0.182. The van der Waals surface area contributed by atoms with Crippen LogP contribution in [0.25, 0.3) is 10.8 Å². The van der Waals surface area contributed by atoms with E-state index in [9.17, 15) is 0 Å². The summed E-state index contributed by atoms with van der Waals surface area (Å²) in [4.78, 5) is 0. The van der Waals surface area contributed by atoms with Crippen molar-refractivity contribution >= 4 is 16.5 Å². The summed E-state index contributed by atoms with van der Waals surface area (Å²) < 4.78 is 0. The summed E-state index contributed by atoms with van der Waals surface area (Å²) in [6.07, 6.45) is 10.9. The Kier molecular flexibility index (Phi) is 6.16. The van der Waals surface area contributed by atoms with Gasteiger partial charge in [0.1, 0.15) is 0 Å². The Morgan fingerprint density at radius 1 is 0.792 bits per heavy atom. The van der Waals surface area contributed by atoms with Gasteiger partial charge in [-0.05, 0) is 53.3 Å². The molecule has 2 aromatic rings. The van der Waals surface area contributed by atoms with E-state index in [1.54, 1.807) is 0 Å². The maximum absolute atomic E-state index is 5.91. The number of rotatable bonds is 9. The highest BCUT2D eigenvalue weighted by atomic mass is 15.2. The first-order valence-corrected chi connectivity index (χ1v) is 8.21.